The van der Waals surface area contributed by atoms with Crippen LogP contribution in [0.15, 0.2) is 41.3 Å². The molecule has 1 N–H and O–H groups in total. The number of hydrogen-bond donors (Lipinski definition) is 1. The van der Waals surface area contributed by atoms with E-state index in [-0.39, 0.29) is 16.6 Å². The van der Waals surface area contributed by atoms with Gasteiger partial charge in [0.25, 0.3) is 11.1 Å². The van der Waals surface area contributed by atoms with Crippen molar-refractivity contribution < 1.29 is 37.4 Å². The molecule has 5 aliphatic rings. The van der Waals surface area contributed by atoms with Gasteiger partial charge in [0.05, 0.1) is 23.1 Å². The van der Waals surface area contributed by atoms with E-state index >= 15 is 0 Å². The average Bonchev–Trinajstić information content (AvgIpc) is 3.17. The number of nitrogens with zero attached hydrogens (tertiary/aromatic N) is 1. The number of amides is 3. The number of carbonyl (C=O) groups excluding carboxylic acids is 4. The van der Waals surface area contributed by atoms with Gasteiger partial charge in [-0.3, -0.25) is 24.1 Å². The van der Waals surface area contributed by atoms with Crippen LogP contribution >= 0.6 is 11.8 Å². The van der Waals surface area contributed by atoms with E-state index < -0.39 is 40.6 Å². The van der Waals surface area contributed by atoms with Crippen LogP contribution in [0.25, 0.3) is 6.08 Å². The van der Waals surface area contributed by atoms with E-state index in [1.165, 1.54) is 32.4 Å². The lowest BCUT2D eigenvalue weighted by Crippen LogP contribution is -2.51. The molecule has 3 amide bonds. The fourth-order valence-electron chi connectivity index (χ4n) is 7.14. The molecular weight excluding hydrogens is 554 g/mol. The normalized spacial score (nSPS) is 27.4. The number of ether oxygens (including phenoxy) is 2. The van der Waals surface area contributed by atoms with E-state index in [1.54, 1.807) is 18.2 Å². The Hall–Kier alpha value is -3.73. The lowest BCUT2D eigenvalue weighted by molar-refractivity contribution is -0.161. The van der Waals surface area contributed by atoms with E-state index in [0.29, 0.717) is 52.6 Å². The van der Waals surface area contributed by atoms with Crippen LogP contribution in [0.5, 0.6) is 11.5 Å². The molecule has 4 bridgehead atoms. The number of rotatable bonds is 7. The minimum atomic E-state index is -0.978. The van der Waals surface area contributed by atoms with Crippen LogP contribution in [0.1, 0.15) is 44.1 Å². The topological polar surface area (TPSA) is 102 Å². The molecule has 4 saturated carbocycles. The molecule has 4 aliphatic carbocycles. The molecular formula is C30H28F2N2O6S. The molecule has 5 fully saturated rings. The zero-order valence-corrected chi connectivity index (χ0v) is 23.1. The Morgan fingerprint density at radius 1 is 1.02 bits per heavy atom. The molecule has 1 saturated heterocycles. The summed E-state index contributed by atoms with van der Waals surface area (Å²) in [5.74, 6) is -1.08. The molecule has 41 heavy (non-hydrogen) atoms. The molecule has 2 aromatic rings. The quantitative estimate of drug-likeness (QED) is 0.251. The minimum Gasteiger partial charge on any atom is -0.493 e. The van der Waals surface area contributed by atoms with Gasteiger partial charge in [-0.15, -0.1) is 0 Å². The van der Waals surface area contributed by atoms with Gasteiger partial charge in [0.2, 0.25) is 5.91 Å². The minimum absolute atomic E-state index is 0.0797. The number of nitrogens with one attached hydrogen (secondary N) is 1. The molecule has 0 atom stereocenters. The fraction of sp³-hybridized carbons (Fsp3) is 0.400. The molecule has 214 valence electrons. The first-order chi connectivity index (χ1) is 19.6. The van der Waals surface area contributed by atoms with E-state index in [9.17, 15) is 28.0 Å². The first-order valence-corrected chi connectivity index (χ1v) is 14.3. The van der Waals surface area contributed by atoms with Crippen molar-refractivity contribution in [2.75, 3.05) is 19.0 Å². The maximum atomic E-state index is 13.9. The summed E-state index contributed by atoms with van der Waals surface area (Å²) in [5, 5.41) is 1.57. The molecule has 1 aliphatic heterocycles. The molecule has 8 nitrogen and oxygen atoms in total. The predicted molar refractivity (Wildman–Crippen MR) is 147 cm³/mol. The Labute approximate surface area is 239 Å². The largest absolute Gasteiger partial charge is 0.493 e. The summed E-state index contributed by atoms with van der Waals surface area (Å²) in [6, 6.07) is 7.52. The number of benzene rings is 2. The number of hydrogen-bond acceptors (Lipinski definition) is 7. The predicted octanol–water partition coefficient (Wildman–Crippen LogP) is 5.77. The van der Waals surface area contributed by atoms with Gasteiger partial charge in [0.1, 0.15) is 18.2 Å². The number of anilines is 1. The third-order valence-electron chi connectivity index (χ3n) is 8.54. The number of imide groups is 1. The summed E-state index contributed by atoms with van der Waals surface area (Å²) < 4.78 is 38.3. The van der Waals surface area contributed by atoms with Crippen molar-refractivity contribution in [1.82, 2.24) is 4.90 Å². The fourth-order valence-corrected chi connectivity index (χ4v) is 7.98. The van der Waals surface area contributed by atoms with Gasteiger partial charge in [-0.05, 0) is 104 Å². The summed E-state index contributed by atoms with van der Waals surface area (Å²) in [4.78, 5) is 52.0. The second-order valence-corrected chi connectivity index (χ2v) is 12.4. The van der Waals surface area contributed by atoms with Gasteiger partial charge >= 0.3 is 5.97 Å². The summed E-state index contributed by atoms with van der Waals surface area (Å²) in [6.07, 6.45) is 7.77. The summed E-state index contributed by atoms with van der Waals surface area (Å²) >= 11 is 0.659. The first kappa shape index (κ1) is 27.4. The Morgan fingerprint density at radius 2 is 1.71 bits per heavy atom. The van der Waals surface area contributed by atoms with Gasteiger partial charge < -0.3 is 14.8 Å². The highest BCUT2D eigenvalue weighted by atomic mass is 32.2. The number of esters is 1. The van der Waals surface area contributed by atoms with Crippen molar-refractivity contribution in [1.29, 1.82) is 0 Å². The van der Waals surface area contributed by atoms with Crippen molar-refractivity contribution >= 4 is 46.5 Å². The second kappa shape index (κ2) is 10.6. The van der Waals surface area contributed by atoms with Crippen molar-refractivity contribution in [3.8, 4) is 11.5 Å². The van der Waals surface area contributed by atoms with E-state index in [1.807, 2.05) is 0 Å². The van der Waals surface area contributed by atoms with Crippen molar-refractivity contribution in [2.24, 2.45) is 23.2 Å². The smallest absolute Gasteiger partial charge is 0.317 e. The van der Waals surface area contributed by atoms with Gasteiger partial charge in [0, 0.05) is 6.07 Å². The Kier molecular flexibility index (Phi) is 7.09. The zero-order valence-electron chi connectivity index (χ0n) is 22.3. The molecule has 0 radical (unpaired) electrons. The third kappa shape index (κ3) is 5.35. The molecule has 0 unspecified atom stereocenters. The third-order valence-corrected chi connectivity index (χ3v) is 9.45. The van der Waals surface area contributed by atoms with Crippen LogP contribution in [0, 0.1) is 34.8 Å². The lowest BCUT2D eigenvalue weighted by Gasteiger charge is -2.55. The number of thioether (sulfide) groups is 1. The Bertz CT molecular complexity index is 1460. The number of methoxy groups -OCH3 is 1. The zero-order chi connectivity index (χ0) is 28.9. The van der Waals surface area contributed by atoms with Crippen LogP contribution in [0.3, 0.4) is 0 Å². The van der Waals surface area contributed by atoms with E-state index in [2.05, 4.69) is 5.32 Å². The Morgan fingerprint density at radius 3 is 2.34 bits per heavy atom. The van der Waals surface area contributed by atoms with Crippen molar-refractivity contribution in [3.05, 3.63) is 58.5 Å². The first-order valence-electron chi connectivity index (χ1n) is 13.5. The van der Waals surface area contributed by atoms with Gasteiger partial charge in [-0.25, -0.2) is 8.78 Å². The second-order valence-electron chi connectivity index (χ2n) is 11.4. The van der Waals surface area contributed by atoms with E-state index in [4.69, 9.17) is 9.47 Å². The van der Waals surface area contributed by atoms with Crippen LogP contribution in [-0.4, -0.2) is 41.6 Å². The SMILES string of the molecule is COc1cc(/C=C2\SC(=O)N(CC(=O)Nc3ccc(F)cc3F)C2=O)ccc1OC(=O)C12CC3CC(CC(C3)C1)C2. The van der Waals surface area contributed by atoms with Crippen molar-refractivity contribution in [3.63, 3.8) is 0 Å². The highest BCUT2D eigenvalue weighted by Gasteiger charge is 2.55. The molecule has 11 heteroatoms. The summed E-state index contributed by atoms with van der Waals surface area (Å²) in [5.41, 5.74) is -0.166. The molecule has 0 aromatic heterocycles. The molecule has 1 heterocycles. The highest BCUT2D eigenvalue weighted by Crippen LogP contribution is 2.60. The summed E-state index contributed by atoms with van der Waals surface area (Å²) in [7, 11) is 1.46. The van der Waals surface area contributed by atoms with Crippen LogP contribution in [0.4, 0.5) is 19.3 Å². The lowest BCUT2D eigenvalue weighted by atomic mass is 9.49. The molecule has 7 rings (SSSR count). The molecule has 0 spiro atoms. The van der Waals surface area contributed by atoms with Gasteiger partial charge in [-0.2, -0.15) is 0 Å². The summed E-state index contributed by atoms with van der Waals surface area (Å²) in [6.45, 7) is -0.638. The van der Waals surface area contributed by atoms with Crippen LogP contribution in [0.2, 0.25) is 0 Å². The maximum Gasteiger partial charge on any atom is 0.317 e. The maximum absolute atomic E-state index is 13.9. The number of carbonyl (C=O) groups is 4. The highest BCUT2D eigenvalue weighted by molar-refractivity contribution is 8.18. The van der Waals surface area contributed by atoms with Crippen LogP contribution < -0.4 is 14.8 Å². The monoisotopic (exact) mass is 582 g/mol. The average molecular weight is 583 g/mol. The molecule has 2 aromatic carbocycles. The number of halogens is 2. The standard InChI is InChI=1S/C30H28F2N2O6S/c1-39-24-9-16(2-5-23(24)40-28(37)30-12-17-6-18(13-30)8-19(7-17)14-30)10-25-27(36)34(29(38)41-25)15-26(35)33-22-4-3-20(31)11-21(22)32/h2-5,9-11,17-19H,6-8,12-15H2,1H3,(H,33,35)/b25-10-. The van der Waals surface area contributed by atoms with Gasteiger partial charge in [0.15, 0.2) is 11.5 Å². The van der Waals surface area contributed by atoms with Crippen LogP contribution in [-0.2, 0) is 14.4 Å². The van der Waals surface area contributed by atoms with Crippen molar-refractivity contribution in [2.45, 2.75) is 38.5 Å². The Balaban J connectivity index is 1.13. The van der Waals surface area contributed by atoms with E-state index in [0.717, 1.165) is 36.3 Å². The van der Waals surface area contributed by atoms with Gasteiger partial charge in [-0.1, -0.05) is 6.07 Å².